The first-order valence-electron chi connectivity index (χ1n) is 8.37. The number of amides is 2. The average molecular weight is 391 g/mol. The first-order chi connectivity index (χ1) is 13.5. The molecule has 138 valence electrons. The van der Waals surface area contributed by atoms with Crippen molar-refractivity contribution in [2.24, 2.45) is 5.73 Å². The number of fused-ring (bicyclic) bond motifs is 1. The van der Waals surface area contributed by atoms with E-state index in [1.165, 1.54) is 24.3 Å². The molecular weight excluding hydrogens is 377 g/mol. The van der Waals surface area contributed by atoms with Crippen LogP contribution >= 0.6 is 11.3 Å². The number of benzene rings is 2. The van der Waals surface area contributed by atoms with E-state index in [2.05, 4.69) is 10.3 Å². The fraction of sp³-hybridized carbons (Fsp3) is 0. The molecule has 0 fully saturated rings. The summed E-state index contributed by atoms with van der Waals surface area (Å²) in [6, 6.07) is 16.7. The highest BCUT2D eigenvalue weighted by atomic mass is 32.1. The largest absolute Gasteiger partial charge is 0.365 e. The van der Waals surface area contributed by atoms with Crippen LogP contribution in [0.2, 0.25) is 0 Å². The molecule has 0 radical (unpaired) electrons. The number of thiophene rings is 1. The summed E-state index contributed by atoms with van der Waals surface area (Å²) in [4.78, 5) is 29.0. The molecule has 0 unspecified atom stereocenters. The van der Waals surface area contributed by atoms with Gasteiger partial charge >= 0.3 is 0 Å². The summed E-state index contributed by atoms with van der Waals surface area (Å²) in [7, 11) is 0. The van der Waals surface area contributed by atoms with E-state index in [1.807, 2.05) is 30.3 Å². The quantitative estimate of drug-likeness (QED) is 0.539. The Morgan fingerprint density at radius 1 is 1.04 bits per heavy atom. The summed E-state index contributed by atoms with van der Waals surface area (Å²) in [5, 5.41) is 4.93. The molecule has 28 heavy (non-hydrogen) atoms. The van der Waals surface area contributed by atoms with Crippen LogP contribution in [0.25, 0.3) is 22.2 Å². The molecule has 0 atom stereocenters. The minimum absolute atomic E-state index is 0.349. The van der Waals surface area contributed by atoms with Crippen LogP contribution in [0, 0.1) is 5.82 Å². The molecule has 2 aromatic heterocycles. The molecule has 0 aliphatic rings. The number of nitrogens with zero attached hydrogens (tertiary/aromatic N) is 1. The second kappa shape index (κ2) is 7.21. The van der Waals surface area contributed by atoms with E-state index in [0.717, 1.165) is 16.9 Å². The van der Waals surface area contributed by atoms with Gasteiger partial charge in [-0.05, 0) is 24.3 Å². The highest BCUT2D eigenvalue weighted by Crippen LogP contribution is 2.27. The van der Waals surface area contributed by atoms with E-state index in [-0.39, 0.29) is 5.91 Å². The van der Waals surface area contributed by atoms with Crippen molar-refractivity contribution in [3.8, 4) is 11.3 Å². The van der Waals surface area contributed by atoms with Crippen molar-refractivity contribution in [1.29, 1.82) is 0 Å². The number of anilines is 1. The third kappa shape index (κ3) is 3.47. The van der Waals surface area contributed by atoms with Crippen LogP contribution in [0.4, 0.5) is 10.1 Å². The van der Waals surface area contributed by atoms with Gasteiger partial charge in [0.25, 0.3) is 11.8 Å². The van der Waals surface area contributed by atoms with Crippen molar-refractivity contribution in [2.75, 3.05) is 5.32 Å². The van der Waals surface area contributed by atoms with Gasteiger partial charge in [0.2, 0.25) is 0 Å². The van der Waals surface area contributed by atoms with Gasteiger partial charge in [-0.2, -0.15) is 0 Å². The molecule has 3 N–H and O–H groups in total. The Bertz CT molecular complexity index is 1200. The zero-order valence-electron chi connectivity index (χ0n) is 14.5. The number of carbonyl (C=O) groups excluding carboxylic acids is 2. The van der Waals surface area contributed by atoms with Gasteiger partial charge < -0.3 is 11.1 Å². The second-order valence-corrected chi connectivity index (χ2v) is 7.01. The smallest absolute Gasteiger partial charge is 0.258 e. The number of pyridine rings is 1. The summed E-state index contributed by atoms with van der Waals surface area (Å²) in [5.41, 5.74) is 7.84. The first kappa shape index (κ1) is 17.8. The summed E-state index contributed by atoms with van der Waals surface area (Å²) < 4.78 is 13.7. The van der Waals surface area contributed by atoms with Gasteiger partial charge in [0.15, 0.2) is 0 Å². The lowest BCUT2D eigenvalue weighted by atomic mass is 10.0. The minimum atomic E-state index is -0.554. The average Bonchev–Trinajstić information content (AvgIpc) is 3.16. The van der Waals surface area contributed by atoms with Gasteiger partial charge in [-0.25, -0.2) is 9.37 Å². The molecule has 7 heteroatoms. The Balaban J connectivity index is 1.79. The normalized spacial score (nSPS) is 10.8. The van der Waals surface area contributed by atoms with Gasteiger partial charge in [0.1, 0.15) is 5.82 Å². The summed E-state index contributed by atoms with van der Waals surface area (Å²) in [6.07, 6.45) is 0. The Kier molecular flexibility index (Phi) is 4.58. The highest BCUT2D eigenvalue weighted by molar-refractivity contribution is 7.12. The number of nitrogens with two attached hydrogens (primary N) is 1. The van der Waals surface area contributed by atoms with Crippen molar-refractivity contribution >= 4 is 39.7 Å². The zero-order valence-corrected chi connectivity index (χ0v) is 15.3. The summed E-state index contributed by atoms with van der Waals surface area (Å²) in [5.74, 6) is -1.37. The molecule has 0 saturated heterocycles. The molecule has 0 bridgehead atoms. The van der Waals surface area contributed by atoms with E-state index in [0.29, 0.717) is 32.7 Å². The van der Waals surface area contributed by atoms with Crippen LogP contribution in [0.5, 0.6) is 0 Å². The van der Waals surface area contributed by atoms with E-state index in [9.17, 15) is 14.0 Å². The number of primary amides is 1. The first-order valence-corrected chi connectivity index (χ1v) is 9.24. The Morgan fingerprint density at radius 3 is 2.54 bits per heavy atom. The minimum Gasteiger partial charge on any atom is -0.365 e. The van der Waals surface area contributed by atoms with Crippen molar-refractivity contribution in [3.63, 3.8) is 0 Å². The molecular formula is C21H14FN3O2S. The van der Waals surface area contributed by atoms with Gasteiger partial charge in [0.05, 0.1) is 27.3 Å². The van der Waals surface area contributed by atoms with Gasteiger partial charge in [-0.15, -0.1) is 11.3 Å². The van der Waals surface area contributed by atoms with Crippen molar-refractivity contribution in [3.05, 3.63) is 82.3 Å². The maximum atomic E-state index is 13.7. The Morgan fingerprint density at radius 2 is 1.82 bits per heavy atom. The molecule has 4 rings (SSSR count). The lowest BCUT2D eigenvalue weighted by Gasteiger charge is -2.10. The van der Waals surface area contributed by atoms with Crippen molar-refractivity contribution in [2.45, 2.75) is 0 Å². The van der Waals surface area contributed by atoms with Crippen LogP contribution in [-0.4, -0.2) is 16.8 Å². The van der Waals surface area contributed by atoms with Crippen molar-refractivity contribution < 1.29 is 14.0 Å². The topological polar surface area (TPSA) is 85.1 Å². The second-order valence-electron chi connectivity index (χ2n) is 6.10. The predicted molar refractivity (Wildman–Crippen MR) is 108 cm³/mol. The van der Waals surface area contributed by atoms with Crippen LogP contribution in [0.1, 0.15) is 20.0 Å². The Hall–Kier alpha value is -3.58. The molecule has 4 aromatic rings. The molecule has 0 aliphatic carbocycles. The molecule has 0 saturated carbocycles. The third-order valence-corrected chi connectivity index (χ3v) is 5.13. The molecule has 2 aromatic carbocycles. The highest BCUT2D eigenvalue weighted by Gasteiger charge is 2.16. The Labute approximate surface area is 163 Å². The zero-order chi connectivity index (χ0) is 19.7. The summed E-state index contributed by atoms with van der Waals surface area (Å²) >= 11 is 1.15. The molecule has 5 nitrogen and oxygen atoms in total. The van der Waals surface area contributed by atoms with E-state index < -0.39 is 11.7 Å². The van der Waals surface area contributed by atoms with Crippen LogP contribution < -0.4 is 11.1 Å². The van der Waals surface area contributed by atoms with E-state index in [1.54, 1.807) is 11.4 Å². The standard InChI is InChI=1S/C21H14FN3O2S/c22-13-6-7-15-16(21(27)24-14-9-19(20(23)26)28-11-14)10-17(25-18(15)8-13)12-4-2-1-3-5-12/h1-11H,(H2,23,26)(H,24,27). The lowest BCUT2D eigenvalue weighted by molar-refractivity contribution is 0.1000. The number of hydrogen-bond donors (Lipinski definition) is 2. The monoisotopic (exact) mass is 391 g/mol. The fourth-order valence-corrected chi connectivity index (χ4v) is 3.57. The van der Waals surface area contributed by atoms with Crippen molar-refractivity contribution in [1.82, 2.24) is 4.98 Å². The van der Waals surface area contributed by atoms with E-state index in [4.69, 9.17) is 5.73 Å². The number of carbonyl (C=O) groups is 2. The molecule has 0 spiro atoms. The van der Waals surface area contributed by atoms with Crippen LogP contribution in [-0.2, 0) is 0 Å². The van der Waals surface area contributed by atoms with Crippen LogP contribution in [0.3, 0.4) is 0 Å². The fourth-order valence-electron chi connectivity index (χ4n) is 2.88. The maximum absolute atomic E-state index is 13.7. The van der Waals surface area contributed by atoms with Gasteiger partial charge in [-0.3, -0.25) is 9.59 Å². The number of aromatic nitrogens is 1. The van der Waals surface area contributed by atoms with Gasteiger partial charge in [0, 0.05) is 22.4 Å². The lowest BCUT2D eigenvalue weighted by Crippen LogP contribution is -2.13. The molecule has 2 amide bonds. The third-order valence-electron chi connectivity index (χ3n) is 4.19. The van der Waals surface area contributed by atoms with Gasteiger partial charge in [-0.1, -0.05) is 30.3 Å². The maximum Gasteiger partial charge on any atom is 0.258 e. The molecule has 0 aliphatic heterocycles. The molecule has 2 heterocycles. The number of halogens is 1. The predicted octanol–water partition coefficient (Wildman–Crippen LogP) is 4.45. The number of nitrogens with one attached hydrogen (secondary N) is 1. The number of hydrogen-bond acceptors (Lipinski definition) is 4. The van der Waals surface area contributed by atoms with E-state index >= 15 is 0 Å². The SMILES string of the molecule is NC(=O)c1cc(NC(=O)c2cc(-c3ccccc3)nc3cc(F)ccc23)cs1. The summed E-state index contributed by atoms with van der Waals surface area (Å²) in [6.45, 7) is 0. The van der Waals surface area contributed by atoms with Crippen LogP contribution in [0.15, 0.2) is 66.0 Å². The number of rotatable bonds is 4.